The van der Waals surface area contributed by atoms with Gasteiger partial charge in [0.2, 0.25) is 0 Å². The Morgan fingerprint density at radius 2 is 2.12 bits per heavy atom. The molecule has 0 fully saturated rings. The first-order valence-electron chi connectivity index (χ1n) is 7.37. The van der Waals surface area contributed by atoms with Crippen LogP contribution in [0.15, 0.2) is 18.2 Å². The zero-order chi connectivity index (χ0) is 18.1. The summed E-state index contributed by atoms with van der Waals surface area (Å²) in [6.45, 7) is 3.06. The SMILES string of the molecule is CC(=N)[C@H](C#N)C(=O)COC(=O)CCCOc1ccc(Cl)c(C)c1. The zero-order valence-electron chi connectivity index (χ0n) is 13.6. The van der Waals surface area contributed by atoms with Crippen molar-refractivity contribution >= 4 is 29.1 Å². The molecule has 1 aromatic rings. The van der Waals surface area contributed by atoms with Gasteiger partial charge >= 0.3 is 5.97 Å². The first-order valence-corrected chi connectivity index (χ1v) is 7.75. The van der Waals surface area contributed by atoms with E-state index in [2.05, 4.69) is 0 Å². The number of Topliss-reactive ketones (excluding diaryl/α,β-unsaturated/α-hetero) is 1. The molecule has 1 N–H and O–H groups in total. The summed E-state index contributed by atoms with van der Waals surface area (Å²) in [5.74, 6) is -1.63. The number of aryl methyl sites for hydroxylation is 1. The van der Waals surface area contributed by atoms with E-state index in [1.54, 1.807) is 24.3 Å². The van der Waals surface area contributed by atoms with Crippen LogP contribution in [0.3, 0.4) is 0 Å². The molecule has 0 aliphatic heterocycles. The molecule has 7 heteroatoms. The molecule has 1 aromatic carbocycles. The second-order valence-electron chi connectivity index (χ2n) is 5.24. The maximum absolute atomic E-state index is 11.6. The number of ether oxygens (including phenoxy) is 2. The van der Waals surface area contributed by atoms with E-state index < -0.39 is 24.3 Å². The molecule has 0 amide bonds. The van der Waals surface area contributed by atoms with Crippen molar-refractivity contribution in [1.29, 1.82) is 10.7 Å². The van der Waals surface area contributed by atoms with E-state index in [4.69, 9.17) is 31.7 Å². The van der Waals surface area contributed by atoms with Crippen LogP contribution < -0.4 is 4.74 Å². The van der Waals surface area contributed by atoms with Crippen molar-refractivity contribution in [1.82, 2.24) is 0 Å². The molecular weight excluding hydrogens is 332 g/mol. The molecule has 128 valence electrons. The molecule has 0 bridgehead atoms. The maximum Gasteiger partial charge on any atom is 0.306 e. The molecule has 0 radical (unpaired) electrons. The number of ketones is 1. The van der Waals surface area contributed by atoms with Gasteiger partial charge < -0.3 is 14.9 Å². The Morgan fingerprint density at radius 1 is 1.42 bits per heavy atom. The maximum atomic E-state index is 11.6. The van der Waals surface area contributed by atoms with E-state index in [0.717, 1.165) is 5.56 Å². The molecule has 0 spiro atoms. The predicted octanol–water partition coefficient (Wildman–Crippen LogP) is 3.10. The number of nitrogens with one attached hydrogen (secondary N) is 1. The van der Waals surface area contributed by atoms with Crippen molar-refractivity contribution < 1.29 is 19.1 Å². The Labute approximate surface area is 145 Å². The van der Waals surface area contributed by atoms with E-state index in [0.29, 0.717) is 23.8 Å². The van der Waals surface area contributed by atoms with E-state index in [9.17, 15) is 9.59 Å². The number of benzene rings is 1. The van der Waals surface area contributed by atoms with E-state index in [1.165, 1.54) is 6.92 Å². The van der Waals surface area contributed by atoms with E-state index in [1.807, 2.05) is 6.92 Å². The third kappa shape index (κ3) is 6.39. The molecule has 0 unspecified atom stereocenters. The van der Waals surface area contributed by atoms with E-state index >= 15 is 0 Å². The van der Waals surface area contributed by atoms with Gasteiger partial charge in [-0.15, -0.1) is 0 Å². The van der Waals surface area contributed by atoms with Crippen molar-refractivity contribution in [3.05, 3.63) is 28.8 Å². The second-order valence-corrected chi connectivity index (χ2v) is 5.64. The number of hydrogen-bond acceptors (Lipinski definition) is 6. The van der Waals surface area contributed by atoms with Gasteiger partial charge in [-0.1, -0.05) is 11.6 Å². The highest BCUT2D eigenvalue weighted by Crippen LogP contribution is 2.21. The molecule has 1 rings (SSSR count). The summed E-state index contributed by atoms with van der Waals surface area (Å²) in [5.41, 5.74) is 0.839. The largest absolute Gasteiger partial charge is 0.494 e. The normalized spacial score (nSPS) is 11.2. The average Bonchev–Trinajstić information content (AvgIpc) is 2.53. The van der Waals surface area contributed by atoms with Crippen LogP contribution in [-0.2, 0) is 14.3 Å². The second kappa shape index (κ2) is 9.68. The third-order valence-corrected chi connectivity index (χ3v) is 3.61. The summed E-state index contributed by atoms with van der Waals surface area (Å²) in [6, 6.07) is 7.00. The lowest BCUT2D eigenvalue weighted by Crippen LogP contribution is -2.25. The van der Waals surface area contributed by atoms with Gasteiger partial charge in [-0.25, -0.2) is 0 Å². The van der Waals surface area contributed by atoms with Gasteiger partial charge in [-0.2, -0.15) is 5.26 Å². The Hall–Kier alpha value is -2.39. The Balaban J connectivity index is 2.27. The summed E-state index contributed by atoms with van der Waals surface area (Å²) < 4.78 is 10.3. The fourth-order valence-corrected chi connectivity index (χ4v) is 1.95. The predicted molar refractivity (Wildman–Crippen MR) is 89.4 cm³/mol. The molecular formula is C17H19ClN2O4. The lowest BCUT2D eigenvalue weighted by atomic mass is 10.0. The van der Waals surface area contributed by atoms with E-state index in [-0.39, 0.29) is 12.1 Å². The summed E-state index contributed by atoms with van der Waals surface area (Å²) in [6.07, 6.45) is 0.528. The first kappa shape index (κ1) is 19.7. The van der Waals surface area contributed by atoms with Crippen LogP contribution in [0, 0.1) is 29.6 Å². The van der Waals surface area contributed by atoms with Crippen LogP contribution >= 0.6 is 11.6 Å². The number of halogens is 1. The number of nitrogens with zero attached hydrogens (tertiary/aromatic N) is 1. The minimum atomic E-state index is -1.16. The quantitative estimate of drug-likeness (QED) is 0.419. The molecule has 6 nitrogen and oxygen atoms in total. The molecule has 0 aliphatic carbocycles. The highest BCUT2D eigenvalue weighted by Gasteiger charge is 2.21. The van der Waals surface area contributed by atoms with Gasteiger partial charge in [0.05, 0.1) is 12.7 Å². The zero-order valence-corrected chi connectivity index (χ0v) is 14.4. The van der Waals surface area contributed by atoms with Crippen LogP contribution in [0.5, 0.6) is 5.75 Å². The van der Waals surface area contributed by atoms with Crippen LogP contribution in [0.2, 0.25) is 5.02 Å². The minimum Gasteiger partial charge on any atom is -0.494 e. The van der Waals surface area contributed by atoms with Crippen molar-refractivity contribution in [2.75, 3.05) is 13.2 Å². The first-order chi connectivity index (χ1) is 11.3. The highest BCUT2D eigenvalue weighted by molar-refractivity contribution is 6.31. The number of hydrogen-bond donors (Lipinski definition) is 1. The van der Waals surface area contributed by atoms with Gasteiger partial charge in [0, 0.05) is 17.2 Å². The monoisotopic (exact) mass is 350 g/mol. The lowest BCUT2D eigenvalue weighted by molar-refractivity contribution is -0.148. The lowest BCUT2D eigenvalue weighted by Gasteiger charge is -2.09. The number of esters is 1. The van der Waals surface area contributed by atoms with Crippen LogP contribution in [0.1, 0.15) is 25.3 Å². The average molecular weight is 351 g/mol. The van der Waals surface area contributed by atoms with Gasteiger partial charge in [-0.05, 0) is 44.0 Å². The summed E-state index contributed by atoms with van der Waals surface area (Å²) in [7, 11) is 0. The Kier molecular flexibility index (Phi) is 7.93. The molecule has 0 saturated heterocycles. The smallest absolute Gasteiger partial charge is 0.306 e. The standard InChI is InChI=1S/C17H19ClN2O4/c1-11-8-13(5-6-15(11)18)23-7-3-4-17(22)24-10-16(21)14(9-19)12(2)20/h5-6,8,14,20H,3-4,7,10H2,1-2H3/t14-/m0/s1. The van der Waals surface area contributed by atoms with Gasteiger partial charge in [0.15, 0.2) is 12.4 Å². The molecule has 0 aliphatic rings. The number of rotatable bonds is 9. The number of carbonyl (C=O) groups is 2. The number of nitriles is 1. The van der Waals surface area contributed by atoms with Crippen LogP contribution in [-0.4, -0.2) is 30.7 Å². The fraction of sp³-hybridized carbons (Fsp3) is 0.412. The van der Waals surface area contributed by atoms with Gasteiger partial charge in [0.25, 0.3) is 0 Å². The summed E-state index contributed by atoms with van der Waals surface area (Å²) in [5, 5.41) is 16.7. The highest BCUT2D eigenvalue weighted by atomic mass is 35.5. The molecule has 0 saturated carbocycles. The Morgan fingerprint density at radius 3 is 2.71 bits per heavy atom. The molecule has 24 heavy (non-hydrogen) atoms. The minimum absolute atomic E-state index is 0.0646. The van der Waals surface area contributed by atoms with Gasteiger partial charge in [0.1, 0.15) is 11.7 Å². The van der Waals surface area contributed by atoms with Crippen LogP contribution in [0.4, 0.5) is 0 Å². The third-order valence-electron chi connectivity index (χ3n) is 3.18. The topological polar surface area (TPSA) is 100 Å². The van der Waals surface area contributed by atoms with Crippen molar-refractivity contribution in [3.63, 3.8) is 0 Å². The Bertz CT molecular complexity index is 667. The van der Waals surface area contributed by atoms with Gasteiger partial charge in [-0.3, -0.25) is 9.59 Å². The molecule has 1 atom stereocenters. The fourth-order valence-electron chi connectivity index (χ4n) is 1.83. The summed E-state index contributed by atoms with van der Waals surface area (Å²) in [4.78, 5) is 23.2. The number of carbonyl (C=O) groups excluding carboxylic acids is 2. The van der Waals surface area contributed by atoms with Crippen molar-refractivity contribution in [2.45, 2.75) is 26.7 Å². The molecule has 0 aromatic heterocycles. The molecule has 0 heterocycles. The van der Waals surface area contributed by atoms with Crippen molar-refractivity contribution in [3.8, 4) is 11.8 Å². The van der Waals surface area contributed by atoms with Crippen molar-refractivity contribution in [2.24, 2.45) is 5.92 Å². The summed E-state index contributed by atoms with van der Waals surface area (Å²) >= 11 is 5.92. The van der Waals surface area contributed by atoms with Crippen LogP contribution in [0.25, 0.3) is 0 Å².